The normalized spacial score (nSPS) is 15.4. The fraction of sp³-hybridized carbons (Fsp3) is 0.583. The molecule has 1 saturated heterocycles. The Labute approximate surface area is 101 Å². The van der Waals surface area contributed by atoms with E-state index in [1.165, 1.54) is 0 Å². The van der Waals surface area contributed by atoms with Gasteiger partial charge in [-0.2, -0.15) is 0 Å². The Kier molecular flexibility index (Phi) is 3.56. The van der Waals surface area contributed by atoms with Crippen LogP contribution in [0.15, 0.2) is 12.1 Å². The third-order valence-electron chi connectivity index (χ3n) is 2.71. The molecule has 1 aromatic heterocycles. The molecule has 1 aliphatic rings. The van der Waals surface area contributed by atoms with E-state index in [1.807, 2.05) is 18.7 Å². The van der Waals surface area contributed by atoms with E-state index in [0.29, 0.717) is 17.6 Å². The lowest BCUT2D eigenvalue weighted by molar-refractivity contribution is 0.0786. The van der Waals surface area contributed by atoms with Crippen molar-refractivity contribution in [3.8, 4) is 0 Å². The van der Waals surface area contributed by atoms with E-state index in [1.54, 1.807) is 12.1 Å². The summed E-state index contributed by atoms with van der Waals surface area (Å²) in [6.07, 6.45) is 2.18. The van der Waals surface area contributed by atoms with Crippen LogP contribution in [0.1, 0.15) is 37.2 Å². The molecule has 5 nitrogen and oxygen atoms in total. The maximum absolute atomic E-state index is 12.0. The van der Waals surface area contributed by atoms with Gasteiger partial charge in [0.05, 0.1) is 0 Å². The average molecular weight is 234 g/mol. The second-order valence-corrected chi connectivity index (χ2v) is 4.60. The Bertz CT molecular complexity index is 382. The molecule has 92 valence electrons. The first kappa shape index (κ1) is 11.8. The van der Waals surface area contributed by atoms with Gasteiger partial charge in [-0.25, -0.2) is 0 Å². The quantitative estimate of drug-likeness (QED) is 0.861. The molecular weight excluding hydrogens is 216 g/mol. The maximum atomic E-state index is 12.0. The van der Waals surface area contributed by atoms with Crippen LogP contribution in [0.25, 0.3) is 0 Å². The number of nitrogens with zero attached hydrogens (tertiary/aromatic N) is 3. The summed E-state index contributed by atoms with van der Waals surface area (Å²) < 4.78 is 0. The smallest absolute Gasteiger partial charge is 0.274 e. The van der Waals surface area contributed by atoms with E-state index in [0.717, 1.165) is 25.9 Å². The fourth-order valence-corrected chi connectivity index (χ4v) is 1.90. The number of likely N-dealkylation sites (tertiary alicyclic amines) is 1. The van der Waals surface area contributed by atoms with Crippen molar-refractivity contribution in [2.24, 2.45) is 0 Å². The summed E-state index contributed by atoms with van der Waals surface area (Å²) >= 11 is 0. The molecule has 2 rings (SSSR count). The molecule has 1 amide bonds. The number of carbonyl (C=O) groups is 1. The number of anilines is 1. The van der Waals surface area contributed by atoms with Crippen LogP contribution >= 0.6 is 0 Å². The van der Waals surface area contributed by atoms with Gasteiger partial charge in [0, 0.05) is 19.1 Å². The van der Waals surface area contributed by atoms with E-state index in [4.69, 9.17) is 0 Å². The predicted octanol–water partition coefficient (Wildman–Crippen LogP) is 1.53. The van der Waals surface area contributed by atoms with Crippen molar-refractivity contribution in [1.29, 1.82) is 0 Å². The topological polar surface area (TPSA) is 58.1 Å². The minimum absolute atomic E-state index is 0.00824. The van der Waals surface area contributed by atoms with Crippen molar-refractivity contribution in [3.05, 3.63) is 17.8 Å². The lowest BCUT2D eigenvalue weighted by Gasteiger charge is -2.14. The molecule has 0 aliphatic carbocycles. The number of nitrogens with one attached hydrogen (secondary N) is 1. The molecule has 1 aromatic rings. The lowest BCUT2D eigenvalue weighted by atomic mass is 10.3. The van der Waals surface area contributed by atoms with E-state index in [-0.39, 0.29) is 5.91 Å². The van der Waals surface area contributed by atoms with Crippen LogP contribution < -0.4 is 5.32 Å². The molecule has 0 aromatic carbocycles. The van der Waals surface area contributed by atoms with Gasteiger partial charge < -0.3 is 10.2 Å². The van der Waals surface area contributed by atoms with Gasteiger partial charge in [0.2, 0.25) is 0 Å². The Balaban J connectivity index is 2.04. The van der Waals surface area contributed by atoms with Crippen molar-refractivity contribution in [1.82, 2.24) is 15.1 Å². The predicted molar refractivity (Wildman–Crippen MR) is 65.9 cm³/mol. The first-order valence-electron chi connectivity index (χ1n) is 6.06. The van der Waals surface area contributed by atoms with Gasteiger partial charge in [-0.15, -0.1) is 10.2 Å². The highest BCUT2D eigenvalue weighted by Crippen LogP contribution is 2.12. The Morgan fingerprint density at radius 2 is 2.00 bits per heavy atom. The molecule has 17 heavy (non-hydrogen) atoms. The molecule has 0 unspecified atom stereocenters. The van der Waals surface area contributed by atoms with Gasteiger partial charge in [-0.1, -0.05) is 0 Å². The van der Waals surface area contributed by atoms with Crippen LogP contribution in [0.2, 0.25) is 0 Å². The Morgan fingerprint density at radius 1 is 1.29 bits per heavy atom. The zero-order valence-corrected chi connectivity index (χ0v) is 10.3. The summed E-state index contributed by atoms with van der Waals surface area (Å²) in [6, 6.07) is 3.85. The summed E-state index contributed by atoms with van der Waals surface area (Å²) in [5.41, 5.74) is 0.432. The van der Waals surface area contributed by atoms with Crippen LogP contribution in [-0.2, 0) is 0 Å². The molecule has 0 spiro atoms. The number of amides is 1. The van der Waals surface area contributed by atoms with Gasteiger partial charge in [0.15, 0.2) is 5.69 Å². The van der Waals surface area contributed by atoms with E-state index in [2.05, 4.69) is 15.5 Å². The van der Waals surface area contributed by atoms with Crippen LogP contribution in [0.4, 0.5) is 5.82 Å². The number of rotatable bonds is 3. The summed E-state index contributed by atoms with van der Waals surface area (Å²) in [4.78, 5) is 13.8. The molecule has 5 heteroatoms. The number of hydrogen-bond acceptors (Lipinski definition) is 4. The zero-order valence-electron chi connectivity index (χ0n) is 10.3. The lowest BCUT2D eigenvalue weighted by Crippen LogP contribution is -2.28. The van der Waals surface area contributed by atoms with E-state index >= 15 is 0 Å². The minimum Gasteiger partial charge on any atom is -0.366 e. The van der Waals surface area contributed by atoms with Crippen LogP contribution in [0.5, 0.6) is 0 Å². The number of aromatic nitrogens is 2. The third kappa shape index (κ3) is 2.93. The van der Waals surface area contributed by atoms with Gasteiger partial charge in [0.1, 0.15) is 5.82 Å². The highest BCUT2D eigenvalue weighted by atomic mass is 16.2. The summed E-state index contributed by atoms with van der Waals surface area (Å²) in [5.74, 6) is 0.698. The highest BCUT2D eigenvalue weighted by molar-refractivity contribution is 5.92. The van der Waals surface area contributed by atoms with Gasteiger partial charge in [-0.05, 0) is 38.8 Å². The second-order valence-electron chi connectivity index (χ2n) is 4.60. The zero-order chi connectivity index (χ0) is 12.3. The monoisotopic (exact) mass is 234 g/mol. The summed E-state index contributed by atoms with van der Waals surface area (Å²) in [6.45, 7) is 5.75. The van der Waals surface area contributed by atoms with Gasteiger partial charge in [-0.3, -0.25) is 4.79 Å². The fourth-order valence-electron chi connectivity index (χ4n) is 1.90. The van der Waals surface area contributed by atoms with Crippen LogP contribution in [0, 0.1) is 0 Å². The SMILES string of the molecule is CC(C)Nc1ccc(C(=O)N2CCCC2)nn1. The van der Waals surface area contributed by atoms with Crippen LogP contribution in [0.3, 0.4) is 0 Å². The molecule has 0 saturated carbocycles. The third-order valence-corrected chi connectivity index (χ3v) is 2.71. The number of hydrogen-bond donors (Lipinski definition) is 1. The average Bonchev–Trinajstić information content (AvgIpc) is 2.82. The molecule has 1 aliphatic heterocycles. The van der Waals surface area contributed by atoms with Gasteiger partial charge in [0.25, 0.3) is 5.91 Å². The molecular formula is C12H18N4O. The van der Waals surface area contributed by atoms with Crippen molar-refractivity contribution >= 4 is 11.7 Å². The van der Waals surface area contributed by atoms with Crippen molar-refractivity contribution in [3.63, 3.8) is 0 Å². The summed E-state index contributed by atoms with van der Waals surface area (Å²) in [7, 11) is 0. The Morgan fingerprint density at radius 3 is 2.53 bits per heavy atom. The molecule has 1 N–H and O–H groups in total. The minimum atomic E-state index is -0.00824. The van der Waals surface area contributed by atoms with Crippen molar-refractivity contribution in [2.45, 2.75) is 32.7 Å². The van der Waals surface area contributed by atoms with Crippen molar-refractivity contribution < 1.29 is 4.79 Å². The first-order chi connectivity index (χ1) is 8.16. The van der Waals surface area contributed by atoms with E-state index in [9.17, 15) is 4.79 Å². The van der Waals surface area contributed by atoms with Crippen molar-refractivity contribution in [2.75, 3.05) is 18.4 Å². The highest BCUT2D eigenvalue weighted by Gasteiger charge is 2.20. The van der Waals surface area contributed by atoms with Gasteiger partial charge >= 0.3 is 0 Å². The number of carbonyl (C=O) groups excluding carboxylic acids is 1. The largest absolute Gasteiger partial charge is 0.366 e. The summed E-state index contributed by atoms with van der Waals surface area (Å²) in [5, 5.41) is 11.1. The first-order valence-corrected chi connectivity index (χ1v) is 6.06. The van der Waals surface area contributed by atoms with E-state index < -0.39 is 0 Å². The maximum Gasteiger partial charge on any atom is 0.274 e. The standard InChI is InChI=1S/C12H18N4O/c1-9(2)13-11-6-5-10(14-15-11)12(17)16-7-3-4-8-16/h5-6,9H,3-4,7-8H2,1-2H3,(H,13,15). The Hall–Kier alpha value is -1.65. The molecule has 0 atom stereocenters. The molecule has 1 fully saturated rings. The molecule has 0 radical (unpaired) electrons. The second kappa shape index (κ2) is 5.12. The molecule has 0 bridgehead atoms. The molecule has 2 heterocycles. The van der Waals surface area contributed by atoms with Crippen LogP contribution in [-0.4, -0.2) is 40.1 Å².